The third-order valence-corrected chi connectivity index (χ3v) is 6.53. The molecule has 0 unspecified atom stereocenters. The molecule has 1 aromatic carbocycles. The molecule has 2 heterocycles. The van der Waals surface area contributed by atoms with Gasteiger partial charge in [-0.3, -0.25) is 24.1 Å². The van der Waals surface area contributed by atoms with E-state index in [0.29, 0.717) is 18.4 Å². The predicted molar refractivity (Wildman–Crippen MR) is 122 cm³/mol. The number of amides is 2. The van der Waals surface area contributed by atoms with Crippen molar-refractivity contribution in [2.24, 2.45) is 11.8 Å². The van der Waals surface area contributed by atoms with Crippen LogP contribution < -0.4 is 0 Å². The number of Topliss-reactive ketones (excluding diaryl/α,β-unsaturated/α-hetero) is 1. The first-order valence-corrected chi connectivity index (χ1v) is 11.2. The lowest BCUT2D eigenvalue weighted by atomic mass is 9.85. The maximum absolute atomic E-state index is 12.7. The lowest BCUT2D eigenvalue weighted by Gasteiger charge is -2.14. The van der Waals surface area contributed by atoms with Gasteiger partial charge in [-0.25, -0.2) is 0 Å². The van der Waals surface area contributed by atoms with Gasteiger partial charge in [0.05, 0.1) is 18.3 Å². The standard InChI is InChI=1S/C26H28N2O5/c1-16-8-10-19(11-9-16)28-17(2)14-22(18(28)3)23(29)15-33-24(30)12-13-27-25(31)20-6-4-5-7-21(20)26(27)32/h4-5,8-11,14,20-21H,6-7,12-13,15H2,1-3H3/t20-,21-/m0/s1. The Bertz CT molecular complexity index is 1120. The van der Waals surface area contributed by atoms with Crippen LogP contribution in [0.2, 0.25) is 0 Å². The number of ketones is 1. The third kappa shape index (κ3) is 4.40. The highest BCUT2D eigenvalue weighted by Crippen LogP contribution is 2.35. The number of esters is 1. The van der Waals surface area contributed by atoms with Crippen LogP contribution in [0.25, 0.3) is 5.69 Å². The fourth-order valence-electron chi connectivity index (χ4n) is 4.72. The van der Waals surface area contributed by atoms with Crippen LogP contribution in [0.5, 0.6) is 0 Å². The SMILES string of the molecule is Cc1ccc(-n2c(C)cc(C(=O)COC(=O)CCN3C(=O)[C@H]4CC=CC[C@@H]4C3=O)c2C)cc1. The Morgan fingerprint density at radius 3 is 2.18 bits per heavy atom. The Morgan fingerprint density at radius 2 is 1.58 bits per heavy atom. The zero-order chi connectivity index (χ0) is 23.7. The van der Waals surface area contributed by atoms with Crippen LogP contribution >= 0.6 is 0 Å². The minimum Gasteiger partial charge on any atom is -0.457 e. The Balaban J connectivity index is 1.33. The van der Waals surface area contributed by atoms with Gasteiger partial charge in [-0.15, -0.1) is 0 Å². The van der Waals surface area contributed by atoms with Crippen molar-refractivity contribution < 1.29 is 23.9 Å². The average molecular weight is 449 g/mol. The van der Waals surface area contributed by atoms with Gasteiger partial charge in [0.1, 0.15) is 0 Å². The molecule has 1 aliphatic carbocycles. The molecule has 4 rings (SSSR count). The molecule has 0 radical (unpaired) electrons. The Hall–Kier alpha value is -3.48. The van der Waals surface area contributed by atoms with Gasteiger partial charge in [-0.2, -0.15) is 0 Å². The monoisotopic (exact) mass is 448 g/mol. The molecule has 1 aliphatic heterocycles. The molecule has 0 bridgehead atoms. The number of aryl methyl sites for hydroxylation is 2. The van der Waals surface area contributed by atoms with E-state index in [-0.39, 0.29) is 49.0 Å². The van der Waals surface area contributed by atoms with Crippen LogP contribution in [-0.2, 0) is 19.1 Å². The van der Waals surface area contributed by atoms with Gasteiger partial charge in [-0.1, -0.05) is 29.8 Å². The lowest BCUT2D eigenvalue weighted by Crippen LogP contribution is -2.33. The summed E-state index contributed by atoms with van der Waals surface area (Å²) >= 11 is 0. The zero-order valence-corrected chi connectivity index (χ0v) is 19.2. The summed E-state index contributed by atoms with van der Waals surface area (Å²) in [5.74, 6) is -1.97. The normalized spacial score (nSPS) is 19.7. The highest BCUT2D eigenvalue weighted by Gasteiger charge is 2.46. The number of allylic oxidation sites excluding steroid dienone is 2. The minimum absolute atomic E-state index is 0.0143. The molecule has 7 heteroatoms. The number of hydrogen-bond acceptors (Lipinski definition) is 5. The molecule has 2 amide bonds. The van der Waals surface area contributed by atoms with E-state index in [1.54, 1.807) is 6.07 Å². The van der Waals surface area contributed by atoms with E-state index in [1.807, 2.05) is 61.8 Å². The zero-order valence-electron chi connectivity index (χ0n) is 19.2. The molecule has 1 aromatic heterocycles. The number of imide groups is 1. The van der Waals surface area contributed by atoms with E-state index in [0.717, 1.165) is 22.6 Å². The number of hydrogen-bond donors (Lipinski definition) is 0. The summed E-state index contributed by atoms with van der Waals surface area (Å²) in [7, 11) is 0. The van der Waals surface area contributed by atoms with Gasteiger partial charge in [0, 0.05) is 29.2 Å². The van der Waals surface area contributed by atoms with Crippen LogP contribution in [-0.4, -0.2) is 46.2 Å². The Kier molecular flexibility index (Phi) is 6.31. The number of carbonyl (C=O) groups is 4. The first kappa shape index (κ1) is 22.7. The van der Waals surface area contributed by atoms with Crippen molar-refractivity contribution in [3.05, 3.63) is 65.0 Å². The number of aromatic nitrogens is 1. The van der Waals surface area contributed by atoms with E-state index in [4.69, 9.17) is 4.74 Å². The lowest BCUT2D eigenvalue weighted by molar-refractivity contribution is -0.145. The quantitative estimate of drug-likeness (QED) is 0.280. The van der Waals surface area contributed by atoms with Gasteiger partial charge in [0.15, 0.2) is 6.61 Å². The summed E-state index contributed by atoms with van der Waals surface area (Å²) in [5, 5.41) is 0. The average Bonchev–Trinajstić information content (AvgIpc) is 3.24. The van der Waals surface area contributed by atoms with Crippen molar-refractivity contribution in [3.63, 3.8) is 0 Å². The molecule has 0 saturated carbocycles. The van der Waals surface area contributed by atoms with Crippen molar-refractivity contribution >= 4 is 23.6 Å². The largest absolute Gasteiger partial charge is 0.457 e. The second-order valence-corrected chi connectivity index (χ2v) is 8.77. The molecule has 1 saturated heterocycles. The molecule has 2 atom stereocenters. The number of benzene rings is 1. The third-order valence-electron chi connectivity index (χ3n) is 6.53. The van der Waals surface area contributed by atoms with Crippen LogP contribution in [0.15, 0.2) is 42.5 Å². The first-order chi connectivity index (χ1) is 15.8. The topological polar surface area (TPSA) is 85.7 Å². The molecule has 0 spiro atoms. The molecule has 0 N–H and O–H groups in total. The van der Waals surface area contributed by atoms with Gasteiger partial charge in [0.25, 0.3) is 0 Å². The maximum atomic E-state index is 12.7. The molecule has 33 heavy (non-hydrogen) atoms. The summed E-state index contributed by atoms with van der Waals surface area (Å²) < 4.78 is 7.17. The Labute approximate surface area is 193 Å². The van der Waals surface area contributed by atoms with Crippen LogP contribution in [0, 0.1) is 32.6 Å². The van der Waals surface area contributed by atoms with Crippen LogP contribution in [0.4, 0.5) is 0 Å². The predicted octanol–water partition coefficient (Wildman–Crippen LogP) is 3.47. The van der Waals surface area contributed by atoms with Gasteiger partial charge >= 0.3 is 5.97 Å². The number of carbonyl (C=O) groups excluding carboxylic acids is 4. The Morgan fingerprint density at radius 1 is 0.970 bits per heavy atom. The van der Waals surface area contributed by atoms with Gasteiger partial charge in [0.2, 0.25) is 17.6 Å². The number of rotatable bonds is 7. The summed E-state index contributed by atoms with van der Waals surface area (Å²) in [6.07, 6.45) is 4.84. The van der Waals surface area contributed by atoms with Crippen molar-refractivity contribution in [1.29, 1.82) is 0 Å². The van der Waals surface area contributed by atoms with E-state index < -0.39 is 5.97 Å². The fourth-order valence-corrected chi connectivity index (χ4v) is 4.72. The summed E-state index contributed by atoms with van der Waals surface area (Å²) in [6.45, 7) is 5.41. The van der Waals surface area contributed by atoms with Gasteiger partial charge < -0.3 is 9.30 Å². The number of ether oxygens (including phenoxy) is 1. The number of fused-ring (bicyclic) bond motifs is 1. The van der Waals surface area contributed by atoms with E-state index in [1.165, 1.54) is 4.90 Å². The molecule has 1 fully saturated rings. The first-order valence-electron chi connectivity index (χ1n) is 11.2. The second kappa shape index (κ2) is 9.17. The van der Waals surface area contributed by atoms with E-state index in [9.17, 15) is 19.2 Å². The number of likely N-dealkylation sites (tertiary alicyclic amines) is 1. The highest BCUT2D eigenvalue weighted by atomic mass is 16.5. The summed E-state index contributed by atoms with van der Waals surface area (Å²) in [4.78, 5) is 51.1. The van der Waals surface area contributed by atoms with E-state index >= 15 is 0 Å². The molecule has 2 aromatic rings. The molecule has 2 aliphatic rings. The molecule has 172 valence electrons. The highest BCUT2D eigenvalue weighted by molar-refractivity contribution is 6.05. The minimum atomic E-state index is -0.607. The summed E-state index contributed by atoms with van der Waals surface area (Å²) in [5.41, 5.74) is 4.30. The van der Waals surface area contributed by atoms with Crippen molar-refractivity contribution in [1.82, 2.24) is 9.47 Å². The fraction of sp³-hybridized carbons (Fsp3) is 0.385. The molecule has 7 nitrogen and oxygen atoms in total. The molecular formula is C26H28N2O5. The second-order valence-electron chi connectivity index (χ2n) is 8.77. The van der Waals surface area contributed by atoms with Crippen molar-refractivity contribution in [3.8, 4) is 5.69 Å². The van der Waals surface area contributed by atoms with Crippen LogP contribution in [0.1, 0.15) is 46.6 Å². The summed E-state index contributed by atoms with van der Waals surface area (Å²) in [6, 6.07) is 9.81. The van der Waals surface area contributed by atoms with Crippen molar-refractivity contribution in [2.45, 2.75) is 40.0 Å². The molecular weight excluding hydrogens is 420 g/mol. The number of nitrogens with zero attached hydrogens (tertiary/aromatic N) is 2. The van der Waals surface area contributed by atoms with Crippen LogP contribution in [0.3, 0.4) is 0 Å². The van der Waals surface area contributed by atoms with Crippen molar-refractivity contribution in [2.75, 3.05) is 13.2 Å². The van der Waals surface area contributed by atoms with Gasteiger partial charge in [-0.05, 0) is 51.8 Å². The smallest absolute Gasteiger partial charge is 0.308 e. The maximum Gasteiger partial charge on any atom is 0.308 e. The van der Waals surface area contributed by atoms with E-state index in [2.05, 4.69) is 0 Å².